The standard InChI is InChI=1S/C11H18N2O/c1-9-7-12-10(13-8-9)14-6-5-11(2,3)4/h7-8H,5-6H2,1-4H3. The molecule has 0 aromatic carbocycles. The van der Waals surface area contributed by atoms with Gasteiger partial charge in [0.2, 0.25) is 0 Å². The van der Waals surface area contributed by atoms with Crippen molar-refractivity contribution >= 4 is 0 Å². The third-order valence-electron chi connectivity index (χ3n) is 1.84. The van der Waals surface area contributed by atoms with E-state index in [1.54, 1.807) is 12.4 Å². The summed E-state index contributed by atoms with van der Waals surface area (Å²) in [6.07, 6.45) is 4.53. The third-order valence-corrected chi connectivity index (χ3v) is 1.84. The van der Waals surface area contributed by atoms with Crippen molar-refractivity contribution < 1.29 is 4.74 Å². The van der Waals surface area contributed by atoms with E-state index in [0.29, 0.717) is 18.0 Å². The van der Waals surface area contributed by atoms with Crippen molar-refractivity contribution in [1.29, 1.82) is 0 Å². The Hall–Kier alpha value is -1.12. The fraction of sp³-hybridized carbons (Fsp3) is 0.636. The van der Waals surface area contributed by atoms with Gasteiger partial charge in [-0.05, 0) is 24.3 Å². The molecule has 78 valence electrons. The monoisotopic (exact) mass is 194 g/mol. The number of hydrogen-bond donors (Lipinski definition) is 0. The molecule has 3 nitrogen and oxygen atoms in total. The molecule has 0 saturated heterocycles. The van der Waals surface area contributed by atoms with E-state index in [-0.39, 0.29) is 0 Å². The van der Waals surface area contributed by atoms with Gasteiger partial charge in [0.15, 0.2) is 0 Å². The largest absolute Gasteiger partial charge is 0.463 e. The zero-order chi connectivity index (χ0) is 10.6. The predicted octanol–water partition coefficient (Wildman–Crippen LogP) is 2.60. The van der Waals surface area contributed by atoms with Crippen LogP contribution in [0.1, 0.15) is 32.8 Å². The Morgan fingerprint density at radius 2 is 1.79 bits per heavy atom. The zero-order valence-corrected chi connectivity index (χ0v) is 9.37. The molecule has 1 aromatic rings. The van der Waals surface area contributed by atoms with Gasteiger partial charge < -0.3 is 4.74 Å². The molecule has 0 fully saturated rings. The lowest BCUT2D eigenvalue weighted by Gasteiger charge is -2.17. The van der Waals surface area contributed by atoms with Crippen LogP contribution in [0.5, 0.6) is 6.01 Å². The van der Waals surface area contributed by atoms with E-state index in [0.717, 1.165) is 12.0 Å². The summed E-state index contributed by atoms with van der Waals surface area (Å²) >= 11 is 0. The Morgan fingerprint density at radius 1 is 1.21 bits per heavy atom. The van der Waals surface area contributed by atoms with E-state index >= 15 is 0 Å². The molecule has 3 heteroatoms. The fourth-order valence-electron chi connectivity index (χ4n) is 0.904. The van der Waals surface area contributed by atoms with Crippen LogP contribution in [-0.2, 0) is 0 Å². The molecular weight excluding hydrogens is 176 g/mol. The summed E-state index contributed by atoms with van der Waals surface area (Å²) in [6, 6.07) is 0.472. The van der Waals surface area contributed by atoms with Crippen molar-refractivity contribution in [2.75, 3.05) is 6.61 Å². The second kappa shape index (κ2) is 4.40. The Kier molecular flexibility index (Phi) is 3.44. The van der Waals surface area contributed by atoms with Crippen LogP contribution in [0.3, 0.4) is 0 Å². The number of aromatic nitrogens is 2. The van der Waals surface area contributed by atoms with Gasteiger partial charge in [0.1, 0.15) is 0 Å². The molecule has 0 spiro atoms. The Bertz CT molecular complexity index is 274. The van der Waals surface area contributed by atoms with Crippen molar-refractivity contribution in [3.63, 3.8) is 0 Å². The molecular formula is C11H18N2O. The minimum Gasteiger partial charge on any atom is -0.463 e. The van der Waals surface area contributed by atoms with Crippen LogP contribution < -0.4 is 4.74 Å². The smallest absolute Gasteiger partial charge is 0.316 e. The molecule has 0 aliphatic carbocycles. The first kappa shape index (κ1) is 11.0. The lowest BCUT2D eigenvalue weighted by atomic mass is 9.93. The first-order valence-electron chi connectivity index (χ1n) is 4.89. The Labute approximate surface area is 85.5 Å². The SMILES string of the molecule is Cc1cnc(OCCC(C)(C)C)nc1. The van der Waals surface area contributed by atoms with Crippen molar-refractivity contribution in [2.24, 2.45) is 5.41 Å². The van der Waals surface area contributed by atoms with Gasteiger partial charge in [0, 0.05) is 12.4 Å². The molecule has 0 N–H and O–H groups in total. The lowest BCUT2D eigenvalue weighted by molar-refractivity contribution is 0.229. The van der Waals surface area contributed by atoms with Crippen LogP contribution in [-0.4, -0.2) is 16.6 Å². The molecule has 0 aliphatic heterocycles. The van der Waals surface area contributed by atoms with Crippen LogP contribution in [0.2, 0.25) is 0 Å². The topological polar surface area (TPSA) is 35.0 Å². The van der Waals surface area contributed by atoms with Gasteiger partial charge in [0.05, 0.1) is 6.61 Å². The van der Waals surface area contributed by atoms with E-state index in [4.69, 9.17) is 4.74 Å². The summed E-state index contributed by atoms with van der Waals surface area (Å²) < 4.78 is 5.41. The Balaban J connectivity index is 2.35. The average molecular weight is 194 g/mol. The highest BCUT2D eigenvalue weighted by atomic mass is 16.5. The van der Waals surface area contributed by atoms with E-state index in [1.807, 2.05) is 6.92 Å². The number of aryl methyl sites for hydroxylation is 1. The van der Waals surface area contributed by atoms with Gasteiger partial charge in [-0.2, -0.15) is 0 Å². The van der Waals surface area contributed by atoms with Crippen LogP contribution in [0.15, 0.2) is 12.4 Å². The van der Waals surface area contributed by atoms with Gasteiger partial charge >= 0.3 is 6.01 Å². The van der Waals surface area contributed by atoms with Gasteiger partial charge in [0.25, 0.3) is 0 Å². The molecule has 0 amide bonds. The van der Waals surface area contributed by atoms with Gasteiger partial charge in [-0.15, -0.1) is 0 Å². The van der Waals surface area contributed by atoms with Crippen molar-refractivity contribution in [1.82, 2.24) is 9.97 Å². The first-order chi connectivity index (χ1) is 6.47. The minimum absolute atomic E-state index is 0.296. The van der Waals surface area contributed by atoms with E-state index < -0.39 is 0 Å². The summed E-state index contributed by atoms with van der Waals surface area (Å²) in [5, 5.41) is 0. The van der Waals surface area contributed by atoms with Crippen molar-refractivity contribution in [3.05, 3.63) is 18.0 Å². The predicted molar refractivity (Wildman–Crippen MR) is 56.3 cm³/mol. The molecule has 0 bridgehead atoms. The molecule has 1 aromatic heterocycles. The number of ether oxygens (including phenoxy) is 1. The van der Waals surface area contributed by atoms with Crippen LogP contribution in [0, 0.1) is 12.3 Å². The third kappa shape index (κ3) is 4.21. The fourth-order valence-corrected chi connectivity index (χ4v) is 0.904. The molecule has 0 radical (unpaired) electrons. The number of nitrogens with zero attached hydrogens (tertiary/aromatic N) is 2. The van der Waals surface area contributed by atoms with Crippen LogP contribution in [0.25, 0.3) is 0 Å². The molecule has 0 saturated carbocycles. The second-order valence-electron chi connectivity index (χ2n) is 4.70. The van der Waals surface area contributed by atoms with Gasteiger partial charge in [-0.25, -0.2) is 9.97 Å². The summed E-state index contributed by atoms with van der Waals surface area (Å²) in [5.41, 5.74) is 1.35. The van der Waals surface area contributed by atoms with Crippen molar-refractivity contribution in [2.45, 2.75) is 34.1 Å². The molecule has 0 aliphatic rings. The average Bonchev–Trinajstić information content (AvgIpc) is 2.06. The summed E-state index contributed by atoms with van der Waals surface area (Å²) in [7, 11) is 0. The molecule has 1 heterocycles. The highest BCUT2D eigenvalue weighted by molar-refractivity contribution is 5.04. The van der Waals surface area contributed by atoms with Gasteiger partial charge in [-0.3, -0.25) is 0 Å². The van der Waals surface area contributed by atoms with Crippen molar-refractivity contribution in [3.8, 4) is 6.01 Å². The van der Waals surface area contributed by atoms with Crippen LogP contribution in [0.4, 0.5) is 0 Å². The normalized spacial score (nSPS) is 11.4. The molecule has 0 atom stereocenters. The molecule has 0 unspecified atom stereocenters. The zero-order valence-electron chi connectivity index (χ0n) is 9.37. The minimum atomic E-state index is 0.296. The summed E-state index contributed by atoms with van der Waals surface area (Å²) in [6.45, 7) is 9.19. The highest BCUT2D eigenvalue weighted by Gasteiger charge is 2.10. The summed E-state index contributed by atoms with van der Waals surface area (Å²) in [4.78, 5) is 8.13. The maximum Gasteiger partial charge on any atom is 0.316 e. The van der Waals surface area contributed by atoms with E-state index in [2.05, 4.69) is 30.7 Å². The van der Waals surface area contributed by atoms with Gasteiger partial charge in [-0.1, -0.05) is 20.8 Å². The maximum atomic E-state index is 5.41. The number of hydrogen-bond acceptors (Lipinski definition) is 3. The maximum absolute atomic E-state index is 5.41. The summed E-state index contributed by atoms with van der Waals surface area (Å²) in [5.74, 6) is 0. The first-order valence-corrected chi connectivity index (χ1v) is 4.89. The molecule has 14 heavy (non-hydrogen) atoms. The lowest BCUT2D eigenvalue weighted by Crippen LogP contribution is -2.12. The Morgan fingerprint density at radius 3 is 2.29 bits per heavy atom. The van der Waals surface area contributed by atoms with E-state index in [1.165, 1.54) is 0 Å². The van der Waals surface area contributed by atoms with Crippen LogP contribution >= 0.6 is 0 Å². The quantitative estimate of drug-likeness (QED) is 0.741. The second-order valence-corrected chi connectivity index (χ2v) is 4.70. The van der Waals surface area contributed by atoms with E-state index in [9.17, 15) is 0 Å². The highest BCUT2D eigenvalue weighted by Crippen LogP contribution is 2.18. The molecule has 1 rings (SSSR count). The number of rotatable bonds is 3.